The number of nitrogens with zero attached hydrogens (tertiary/aromatic N) is 2. The van der Waals surface area contributed by atoms with Gasteiger partial charge in [0.25, 0.3) is 10.0 Å². The molecule has 0 aliphatic heterocycles. The molecule has 0 aliphatic carbocycles. The lowest BCUT2D eigenvalue weighted by Crippen LogP contribution is -2.53. The lowest BCUT2D eigenvalue weighted by Gasteiger charge is -2.34. The van der Waals surface area contributed by atoms with E-state index in [4.69, 9.17) is 11.6 Å². The zero-order valence-corrected chi connectivity index (χ0v) is 25.3. The van der Waals surface area contributed by atoms with Crippen molar-refractivity contribution < 1.29 is 18.0 Å². The fourth-order valence-corrected chi connectivity index (χ4v) is 6.19. The zero-order valence-electron chi connectivity index (χ0n) is 23.7. The summed E-state index contributed by atoms with van der Waals surface area (Å²) in [5.74, 6) is -0.748. The van der Waals surface area contributed by atoms with Gasteiger partial charge in [0.2, 0.25) is 11.8 Å². The van der Waals surface area contributed by atoms with Gasteiger partial charge >= 0.3 is 0 Å². The van der Waals surface area contributed by atoms with Crippen LogP contribution in [0.2, 0.25) is 5.02 Å². The van der Waals surface area contributed by atoms with Crippen molar-refractivity contribution in [3.05, 3.63) is 94.5 Å². The second-order valence-corrected chi connectivity index (χ2v) is 12.2. The molecule has 3 rings (SSSR count). The molecule has 3 aromatic rings. The third-order valence-corrected chi connectivity index (χ3v) is 9.04. The molecule has 0 unspecified atom stereocenters. The minimum atomic E-state index is -4.13. The molecule has 0 fully saturated rings. The molecule has 40 heavy (non-hydrogen) atoms. The summed E-state index contributed by atoms with van der Waals surface area (Å²) >= 11 is 6.18. The molecule has 0 aliphatic rings. The summed E-state index contributed by atoms with van der Waals surface area (Å²) in [7, 11) is -4.13. The number of amides is 2. The van der Waals surface area contributed by atoms with E-state index < -0.39 is 28.5 Å². The number of carbonyl (C=O) groups excluding carboxylic acids is 2. The number of carbonyl (C=O) groups is 2. The maximum atomic E-state index is 14.2. The molecule has 9 heteroatoms. The van der Waals surface area contributed by atoms with Crippen LogP contribution in [0.4, 0.5) is 5.69 Å². The summed E-state index contributed by atoms with van der Waals surface area (Å²) in [6.45, 7) is 9.11. The van der Waals surface area contributed by atoms with Crippen LogP contribution in [-0.2, 0) is 26.2 Å². The van der Waals surface area contributed by atoms with Crippen molar-refractivity contribution in [3.63, 3.8) is 0 Å². The number of hydrogen-bond donors (Lipinski definition) is 1. The van der Waals surface area contributed by atoms with Gasteiger partial charge in [-0.25, -0.2) is 8.42 Å². The van der Waals surface area contributed by atoms with Gasteiger partial charge in [0, 0.05) is 17.6 Å². The summed E-state index contributed by atoms with van der Waals surface area (Å²) < 4.78 is 29.0. The normalized spacial score (nSPS) is 12.8. The van der Waals surface area contributed by atoms with Crippen molar-refractivity contribution in [1.82, 2.24) is 10.2 Å². The Labute approximate surface area is 243 Å². The lowest BCUT2D eigenvalue weighted by molar-refractivity contribution is -0.140. The Morgan fingerprint density at radius 2 is 1.55 bits per heavy atom. The maximum absolute atomic E-state index is 14.2. The molecule has 0 aromatic heterocycles. The second-order valence-electron chi connectivity index (χ2n) is 9.95. The number of anilines is 1. The van der Waals surface area contributed by atoms with E-state index >= 15 is 0 Å². The van der Waals surface area contributed by atoms with Crippen molar-refractivity contribution in [2.24, 2.45) is 0 Å². The minimum absolute atomic E-state index is 0.0594. The van der Waals surface area contributed by atoms with Gasteiger partial charge in [-0.3, -0.25) is 13.9 Å². The van der Waals surface area contributed by atoms with Gasteiger partial charge in [-0.15, -0.1) is 0 Å². The van der Waals surface area contributed by atoms with E-state index in [1.54, 1.807) is 43.3 Å². The largest absolute Gasteiger partial charge is 0.352 e. The van der Waals surface area contributed by atoms with Gasteiger partial charge in [-0.1, -0.05) is 67.9 Å². The number of aryl methyl sites for hydroxylation is 2. The molecule has 0 bridgehead atoms. The van der Waals surface area contributed by atoms with Gasteiger partial charge in [0.05, 0.1) is 10.6 Å². The standard InChI is InChI=1S/C31H38ClN3O4S/c1-6-24(5)33-31(37)28(7-2)34(20-25-14-12-11-13-22(25)3)30(36)21-35(29-18-17-26(32)19-23(29)4)40(38,39)27-15-9-8-10-16-27/h8-19,24,28H,6-7,20-21H2,1-5H3,(H,33,37)/t24-,28-/m1/s1. The van der Waals surface area contributed by atoms with Gasteiger partial charge < -0.3 is 10.2 Å². The Morgan fingerprint density at radius 3 is 2.15 bits per heavy atom. The Kier molecular flexibility index (Phi) is 10.8. The molecular formula is C31H38ClN3O4S. The predicted octanol–water partition coefficient (Wildman–Crippen LogP) is 5.87. The van der Waals surface area contributed by atoms with Crippen molar-refractivity contribution in [3.8, 4) is 0 Å². The molecular weight excluding hydrogens is 546 g/mol. The van der Waals surface area contributed by atoms with Crippen molar-refractivity contribution in [2.75, 3.05) is 10.8 Å². The first-order valence-electron chi connectivity index (χ1n) is 13.5. The van der Waals surface area contributed by atoms with E-state index in [0.717, 1.165) is 21.9 Å². The fraction of sp³-hybridized carbons (Fsp3) is 0.355. The highest BCUT2D eigenvalue weighted by Gasteiger charge is 2.34. The van der Waals surface area contributed by atoms with Crippen molar-refractivity contribution >= 4 is 39.1 Å². The van der Waals surface area contributed by atoms with Gasteiger partial charge in [-0.2, -0.15) is 0 Å². The topological polar surface area (TPSA) is 86.8 Å². The number of sulfonamides is 1. The van der Waals surface area contributed by atoms with Crippen LogP contribution < -0.4 is 9.62 Å². The van der Waals surface area contributed by atoms with Crippen molar-refractivity contribution in [2.45, 2.75) is 71.0 Å². The number of nitrogens with one attached hydrogen (secondary N) is 1. The van der Waals surface area contributed by atoms with E-state index in [-0.39, 0.29) is 23.4 Å². The predicted molar refractivity (Wildman–Crippen MR) is 161 cm³/mol. The summed E-state index contributed by atoms with van der Waals surface area (Å²) in [5.41, 5.74) is 2.80. The van der Waals surface area contributed by atoms with Crippen LogP contribution in [0.15, 0.2) is 77.7 Å². The Morgan fingerprint density at radius 1 is 0.900 bits per heavy atom. The third-order valence-electron chi connectivity index (χ3n) is 7.03. The summed E-state index contributed by atoms with van der Waals surface area (Å²) in [6, 6.07) is 19.7. The number of benzene rings is 3. The third kappa shape index (κ3) is 7.43. The van der Waals surface area contributed by atoms with Gasteiger partial charge in [0.1, 0.15) is 12.6 Å². The quantitative estimate of drug-likeness (QED) is 0.289. The zero-order chi connectivity index (χ0) is 29.4. The van der Waals surface area contributed by atoms with Crippen LogP contribution in [0.25, 0.3) is 0 Å². The van der Waals surface area contributed by atoms with E-state index in [0.29, 0.717) is 22.7 Å². The van der Waals surface area contributed by atoms with Crippen LogP contribution in [0.5, 0.6) is 0 Å². The molecule has 7 nitrogen and oxygen atoms in total. The van der Waals surface area contributed by atoms with Crippen LogP contribution >= 0.6 is 11.6 Å². The average Bonchev–Trinajstić information content (AvgIpc) is 2.93. The van der Waals surface area contributed by atoms with Crippen LogP contribution in [0.3, 0.4) is 0 Å². The fourth-order valence-electron chi connectivity index (χ4n) is 4.46. The van der Waals surface area contributed by atoms with Crippen LogP contribution in [0.1, 0.15) is 50.3 Å². The number of hydrogen-bond acceptors (Lipinski definition) is 4. The first-order valence-corrected chi connectivity index (χ1v) is 15.3. The molecule has 0 radical (unpaired) electrons. The summed E-state index contributed by atoms with van der Waals surface area (Å²) in [5, 5.41) is 3.45. The molecule has 2 amide bonds. The van der Waals surface area contributed by atoms with E-state index in [1.165, 1.54) is 17.0 Å². The highest BCUT2D eigenvalue weighted by atomic mass is 35.5. The first kappa shape index (κ1) is 31.2. The van der Waals surface area contributed by atoms with Crippen molar-refractivity contribution in [1.29, 1.82) is 0 Å². The first-order chi connectivity index (χ1) is 19.0. The molecule has 0 heterocycles. The molecule has 214 valence electrons. The van der Waals surface area contributed by atoms with Gasteiger partial charge in [-0.05, 0) is 80.6 Å². The van der Waals surface area contributed by atoms with E-state index in [2.05, 4.69) is 5.32 Å². The number of rotatable bonds is 12. The number of halogens is 1. The Balaban J connectivity index is 2.09. The smallest absolute Gasteiger partial charge is 0.264 e. The highest BCUT2D eigenvalue weighted by Crippen LogP contribution is 2.29. The average molecular weight is 584 g/mol. The van der Waals surface area contributed by atoms with Crippen LogP contribution in [0, 0.1) is 13.8 Å². The second kappa shape index (κ2) is 13.8. The Bertz CT molecular complexity index is 1430. The molecule has 1 N–H and O–H groups in total. The maximum Gasteiger partial charge on any atom is 0.264 e. The van der Waals surface area contributed by atoms with Gasteiger partial charge in [0.15, 0.2) is 0 Å². The molecule has 0 saturated carbocycles. The lowest BCUT2D eigenvalue weighted by atomic mass is 10.1. The molecule has 3 aromatic carbocycles. The monoisotopic (exact) mass is 583 g/mol. The van der Waals surface area contributed by atoms with E-state index in [9.17, 15) is 18.0 Å². The SMILES string of the molecule is CC[C@@H](C)NC(=O)[C@@H](CC)N(Cc1ccccc1C)C(=O)CN(c1ccc(Cl)cc1C)S(=O)(=O)c1ccccc1. The minimum Gasteiger partial charge on any atom is -0.352 e. The van der Waals surface area contributed by atoms with E-state index in [1.807, 2.05) is 52.0 Å². The summed E-state index contributed by atoms with van der Waals surface area (Å²) in [4.78, 5) is 29.1. The summed E-state index contributed by atoms with van der Waals surface area (Å²) in [6.07, 6.45) is 1.11. The van der Waals surface area contributed by atoms with Crippen LogP contribution in [-0.4, -0.2) is 43.8 Å². The molecule has 0 spiro atoms. The molecule has 2 atom stereocenters. The highest BCUT2D eigenvalue weighted by molar-refractivity contribution is 7.92. The molecule has 0 saturated heterocycles. The Hall–Kier alpha value is -3.36.